The number of amides is 2. The largest absolute Gasteiger partial charge is 0.478 e. The quantitative estimate of drug-likeness (QED) is 0.710. The van der Waals surface area contributed by atoms with Crippen molar-refractivity contribution >= 4 is 23.5 Å². The molecule has 0 fully saturated rings. The lowest BCUT2D eigenvalue weighted by atomic mass is 9.98. The summed E-state index contributed by atoms with van der Waals surface area (Å²) in [4.78, 5) is 38.5. The molecule has 0 aliphatic carbocycles. The maximum absolute atomic E-state index is 12.2. The maximum atomic E-state index is 12.2. The van der Waals surface area contributed by atoms with Crippen LogP contribution in [0.4, 0.5) is 5.69 Å². The van der Waals surface area contributed by atoms with Crippen LogP contribution in [0, 0.1) is 0 Å². The number of nitrogens with zero attached hydrogens (tertiary/aromatic N) is 1. The molecule has 7 nitrogen and oxygen atoms in total. The number of hydrogen-bond acceptors (Lipinski definition) is 4. The number of pyridine rings is 1. The van der Waals surface area contributed by atoms with Gasteiger partial charge in [-0.25, -0.2) is 4.79 Å². The van der Waals surface area contributed by atoms with E-state index in [1.807, 2.05) is 0 Å². The number of anilines is 1. The van der Waals surface area contributed by atoms with Gasteiger partial charge < -0.3 is 16.2 Å². The van der Waals surface area contributed by atoms with Gasteiger partial charge in [-0.2, -0.15) is 0 Å². The van der Waals surface area contributed by atoms with Gasteiger partial charge in [-0.1, -0.05) is 18.2 Å². The van der Waals surface area contributed by atoms with E-state index < -0.39 is 23.7 Å². The molecule has 2 aromatic rings. The lowest BCUT2D eigenvalue weighted by molar-refractivity contribution is -0.127. The van der Waals surface area contributed by atoms with Crippen molar-refractivity contribution in [3.05, 3.63) is 59.9 Å². The van der Waals surface area contributed by atoms with Gasteiger partial charge in [0.1, 0.15) is 5.92 Å². The summed E-state index contributed by atoms with van der Waals surface area (Å²) in [5.41, 5.74) is 5.77. The highest BCUT2D eigenvalue weighted by atomic mass is 16.4. The average Bonchev–Trinajstić information content (AvgIpc) is 2.48. The van der Waals surface area contributed by atoms with Crippen molar-refractivity contribution in [1.29, 1.82) is 0 Å². The Kier molecular flexibility index (Phi) is 4.47. The first-order valence-electron chi connectivity index (χ1n) is 6.32. The predicted molar refractivity (Wildman–Crippen MR) is 78.2 cm³/mol. The molecule has 1 unspecified atom stereocenters. The SMILES string of the molecule is NC(=O)C(C(=O)Nc1ccccc1)c1cncc(C(=O)O)c1. The summed E-state index contributed by atoms with van der Waals surface area (Å²) in [5.74, 6) is -4.08. The number of primary amides is 1. The van der Waals surface area contributed by atoms with Crippen molar-refractivity contribution in [3.8, 4) is 0 Å². The first-order valence-corrected chi connectivity index (χ1v) is 6.32. The number of carbonyl (C=O) groups is 3. The minimum atomic E-state index is -1.33. The normalized spacial score (nSPS) is 11.5. The highest BCUT2D eigenvalue weighted by Gasteiger charge is 2.27. The van der Waals surface area contributed by atoms with Gasteiger partial charge in [0.25, 0.3) is 0 Å². The fraction of sp³-hybridized carbons (Fsp3) is 0.0667. The van der Waals surface area contributed by atoms with E-state index in [4.69, 9.17) is 10.8 Å². The molecule has 7 heteroatoms. The van der Waals surface area contributed by atoms with Crippen LogP contribution in [0.15, 0.2) is 48.8 Å². The van der Waals surface area contributed by atoms with Crippen molar-refractivity contribution in [2.45, 2.75) is 5.92 Å². The summed E-state index contributed by atoms with van der Waals surface area (Å²) in [5, 5.41) is 11.5. The van der Waals surface area contributed by atoms with Gasteiger partial charge in [-0.15, -0.1) is 0 Å². The third-order valence-corrected chi connectivity index (χ3v) is 2.93. The number of nitrogens with one attached hydrogen (secondary N) is 1. The number of aromatic carboxylic acids is 1. The fourth-order valence-electron chi connectivity index (χ4n) is 1.91. The Hall–Kier alpha value is -3.22. The predicted octanol–water partition coefficient (Wildman–Crippen LogP) is 0.987. The molecule has 112 valence electrons. The molecule has 1 aromatic carbocycles. The minimum absolute atomic E-state index is 0.126. The molecule has 1 atom stereocenters. The van der Waals surface area contributed by atoms with Crippen molar-refractivity contribution in [2.75, 3.05) is 5.32 Å². The topological polar surface area (TPSA) is 122 Å². The van der Waals surface area contributed by atoms with Gasteiger partial charge in [-0.3, -0.25) is 14.6 Å². The molecule has 0 bridgehead atoms. The molecule has 4 N–H and O–H groups in total. The molecule has 22 heavy (non-hydrogen) atoms. The zero-order chi connectivity index (χ0) is 16.1. The zero-order valence-electron chi connectivity index (χ0n) is 11.4. The van der Waals surface area contributed by atoms with E-state index in [0.29, 0.717) is 5.69 Å². The maximum Gasteiger partial charge on any atom is 0.337 e. The van der Waals surface area contributed by atoms with Crippen molar-refractivity contribution in [3.63, 3.8) is 0 Å². The number of carboxylic acid groups (broad SMARTS) is 1. The van der Waals surface area contributed by atoms with Gasteiger partial charge >= 0.3 is 5.97 Å². The number of nitrogens with two attached hydrogens (primary N) is 1. The summed E-state index contributed by atoms with van der Waals surface area (Å²) in [7, 11) is 0. The molecule has 2 rings (SSSR count). The van der Waals surface area contributed by atoms with Gasteiger partial charge in [0.05, 0.1) is 5.56 Å². The second-order valence-corrected chi connectivity index (χ2v) is 4.50. The average molecular weight is 299 g/mol. The molecule has 0 saturated carbocycles. The summed E-state index contributed by atoms with van der Waals surface area (Å²) in [6.45, 7) is 0. The highest BCUT2D eigenvalue weighted by molar-refractivity contribution is 6.10. The molecule has 1 aromatic heterocycles. The van der Waals surface area contributed by atoms with E-state index in [-0.39, 0.29) is 11.1 Å². The standard InChI is InChI=1S/C15H13N3O4/c16-13(19)12(9-6-10(15(21)22)8-17-7-9)14(20)18-11-4-2-1-3-5-11/h1-8,12H,(H2,16,19)(H,18,20)(H,21,22). The third kappa shape index (κ3) is 3.45. The molecular weight excluding hydrogens is 286 g/mol. The second kappa shape index (κ2) is 6.49. The van der Waals surface area contributed by atoms with Gasteiger partial charge in [-0.05, 0) is 23.8 Å². The molecule has 0 radical (unpaired) electrons. The Morgan fingerprint density at radius 3 is 2.41 bits per heavy atom. The first-order chi connectivity index (χ1) is 10.5. The van der Waals surface area contributed by atoms with Gasteiger partial charge in [0, 0.05) is 18.1 Å². The summed E-state index contributed by atoms with van der Waals surface area (Å²) < 4.78 is 0. The fourth-order valence-corrected chi connectivity index (χ4v) is 1.91. The monoisotopic (exact) mass is 299 g/mol. The summed E-state index contributed by atoms with van der Waals surface area (Å²) in [6, 6.07) is 9.74. The number of para-hydroxylation sites is 1. The number of rotatable bonds is 5. The second-order valence-electron chi connectivity index (χ2n) is 4.50. The van der Waals surface area contributed by atoms with Crippen molar-refractivity contribution in [1.82, 2.24) is 4.98 Å². The number of benzene rings is 1. The molecule has 0 aliphatic rings. The Labute approximate surface area is 125 Å². The Morgan fingerprint density at radius 2 is 1.82 bits per heavy atom. The lowest BCUT2D eigenvalue weighted by Gasteiger charge is -2.14. The van der Waals surface area contributed by atoms with Crippen LogP contribution in [-0.4, -0.2) is 27.9 Å². The van der Waals surface area contributed by atoms with Crippen LogP contribution < -0.4 is 11.1 Å². The number of hydrogen-bond donors (Lipinski definition) is 3. The number of carbonyl (C=O) groups excluding carboxylic acids is 2. The van der Waals surface area contributed by atoms with E-state index in [2.05, 4.69) is 10.3 Å². The van der Waals surface area contributed by atoms with Crippen molar-refractivity contribution < 1.29 is 19.5 Å². The van der Waals surface area contributed by atoms with E-state index in [1.165, 1.54) is 12.3 Å². The van der Waals surface area contributed by atoms with E-state index in [0.717, 1.165) is 6.20 Å². The van der Waals surface area contributed by atoms with Crippen LogP contribution in [0.25, 0.3) is 0 Å². The molecule has 2 amide bonds. The minimum Gasteiger partial charge on any atom is -0.478 e. The third-order valence-electron chi connectivity index (χ3n) is 2.93. The molecular formula is C15H13N3O4. The van der Waals surface area contributed by atoms with E-state index in [9.17, 15) is 14.4 Å². The molecule has 1 heterocycles. The van der Waals surface area contributed by atoms with Crippen LogP contribution >= 0.6 is 0 Å². The zero-order valence-corrected chi connectivity index (χ0v) is 11.4. The van der Waals surface area contributed by atoms with Crippen LogP contribution in [-0.2, 0) is 9.59 Å². The van der Waals surface area contributed by atoms with Gasteiger partial charge in [0.15, 0.2) is 0 Å². The molecule has 0 spiro atoms. The summed E-state index contributed by atoms with van der Waals surface area (Å²) in [6.07, 6.45) is 2.37. The van der Waals surface area contributed by atoms with Crippen LogP contribution in [0.5, 0.6) is 0 Å². The Balaban J connectivity index is 2.30. The molecule has 0 aliphatic heterocycles. The van der Waals surface area contributed by atoms with Crippen LogP contribution in [0.3, 0.4) is 0 Å². The summed E-state index contributed by atoms with van der Waals surface area (Å²) >= 11 is 0. The number of carboxylic acids is 1. The molecule has 0 saturated heterocycles. The Morgan fingerprint density at radius 1 is 1.14 bits per heavy atom. The van der Waals surface area contributed by atoms with Crippen molar-refractivity contribution in [2.24, 2.45) is 5.73 Å². The first kappa shape index (κ1) is 15.2. The lowest BCUT2D eigenvalue weighted by Crippen LogP contribution is -2.32. The Bertz CT molecular complexity index is 716. The van der Waals surface area contributed by atoms with Gasteiger partial charge in [0.2, 0.25) is 11.8 Å². The van der Waals surface area contributed by atoms with E-state index in [1.54, 1.807) is 30.3 Å². The van der Waals surface area contributed by atoms with Crippen LogP contribution in [0.1, 0.15) is 21.8 Å². The van der Waals surface area contributed by atoms with E-state index >= 15 is 0 Å². The van der Waals surface area contributed by atoms with Crippen LogP contribution in [0.2, 0.25) is 0 Å². The smallest absolute Gasteiger partial charge is 0.337 e. The number of aromatic nitrogens is 1. The highest BCUT2D eigenvalue weighted by Crippen LogP contribution is 2.19.